The molecule has 1 N–H and O–H groups in total. The summed E-state index contributed by atoms with van der Waals surface area (Å²) >= 11 is 9.44. The molecule has 136 valence electrons. The minimum atomic E-state index is 0.736. The van der Waals surface area contributed by atoms with Crippen LogP contribution in [0.3, 0.4) is 0 Å². The number of hydrogen-bond donors (Lipinski definition) is 1. The van der Waals surface area contributed by atoms with Crippen LogP contribution in [0.4, 0.5) is 0 Å². The number of guanidine groups is 1. The zero-order valence-electron chi connectivity index (χ0n) is 14.9. The van der Waals surface area contributed by atoms with Crippen molar-refractivity contribution >= 4 is 40.2 Å². The normalized spacial score (nSPS) is 16.5. The molecule has 0 saturated carbocycles. The van der Waals surface area contributed by atoms with Crippen LogP contribution >= 0.6 is 34.3 Å². The third kappa shape index (κ3) is 4.94. The standard InChI is InChI=1S/C17H24ClN5S2/c1-12-13(2)24-16(21-12)10-20-17(19-3)23-8-6-22(7-9-23)11-14-4-5-15(18)25-14/h4-5H,6-11H2,1-3H3,(H,19,20). The Bertz CT molecular complexity index is 712. The van der Waals surface area contributed by atoms with E-state index in [4.69, 9.17) is 11.6 Å². The smallest absolute Gasteiger partial charge is 0.194 e. The molecule has 0 aliphatic carbocycles. The lowest BCUT2D eigenvalue weighted by Gasteiger charge is -2.36. The fourth-order valence-corrected chi connectivity index (χ4v) is 4.88. The molecule has 0 bridgehead atoms. The molecule has 1 aliphatic rings. The van der Waals surface area contributed by atoms with Gasteiger partial charge in [0, 0.05) is 49.5 Å². The van der Waals surface area contributed by atoms with Crippen LogP contribution in [0.5, 0.6) is 0 Å². The molecule has 0 unspecified atom stereocenters. The van der Waals surface area contributed by atoms with Gasteiger partial charge in [0.1, 0.15) is 5.01 Å². The lowest BCUT2D eigenvalue weighted by Crippen LogP contribution is -2.51. The Labute approximate surface area is 162 Å². The van der Waals surface area contributed by atoms with Gasteiger partial charge in [0.2, 0.25) is 0 Å². The Kier molecular flexibility index (Phi) is 6.33. The number of aryl methyl sites for hydroxylation is 2. The van der Waals surface area contributed by atoms with Crippen LogP contribution in [0.2, 0.25) is 4.34 Å². The average molecular weight is 398 g/mol. The second kappa shape index (κ2) is 8.49. The van der Waals surface area contributed by atoms with E-state index in [1.165, 1.54) is 9.75 Å². The van der Waals surface area contributed by atoms with Crippen LogP contribution in [-0.2, 0) is 13.1 Å². The van der Waals surface area contributed by atoms with Crippen molar-refractivity contribution in [1.29, 1.82) is 0 Å². The molecule has 2 aromatic heterocycles. The number of nitrogens with one attached hydrogen (secondary N) is 1. The van der Waals surface area contributed by atoms with Gasteiger partial charge in [-0.25, -0.2) is 4.98 Å². The molecule has 3 rings (SSSR count). The van der Waals surface area contributed by atoms with Gasteiger partial charge >= 0.3 is 0 Å². The molecular weight excluding hydrogens is 374 g/mol. The number of thiophene rings is 1. The van der Waals surface area contributed by atoms with Crippen LogP contribution in [-0.4, -0.2) is 54.0 Å². The molecule has 2 aromatic rings. The topological polar surface area (TPSA) is 43.8 Å². The summed E-state index contributed by atoms with van der Waals surface area (Å²) in [6.07, 6.45) is 0. The van der Waals surface area contributed by atoms with Gasteiger partial charge in [-0.15, -0.1) is 22.7 Å². The van der Waals surface area contributed by atoms with Crippen molar-refractivity contribution in [3.8, 4) is 0 Å². The summed E-state index contributed by atoms with van der Waals surface area (Å²) in [5, 5.41) is 4.57. The predicted octanol–water partition coefficient (Wildman–Crippen LogP) is 3.37. The van der Waals surface area contributed by atoms with E-state index in [0.717, 1.165) is 60.3 Å². The summed E-state index contributed by atoms with van der Waals surface area (Å²) in [6, 6.07) is 4.10. The van der Waals surface area contributed by atoms with Crippen molar-refractivity contribution < 1.29 is 0 Å². The quantitative estimate of drug-likeness (QED) is 0.634. The second-order valence-electron chi connectivity index (χ2n) is 6.12. The molecular formula is C17H24ClN5S2. The van der Waals surface area contributed by atoms with E-state index >= 15 is 0 Å². The second-order valence-corrected chi connectivity index (χ2v) is 9.21. The molecule has 8 heteroatoms. The first-order valence-electron chi connectivity index (χ1n) is 8.40. The van der Waals surface area contributed by atoms with Crippen molar-refractivity contribution in [2.75, 3.05) is 33.2 Å². The third-order valence-corrected chi connectivity index (χ3v) is 6.65. The van der Waals surface area contributed by atoms with E-state index in [2.05, 4.69) is 45.0 Å². The number of piperazine rings is 1. The zero-order chi connectivity index (χ0) is 17.8. The lowest BCUT2D eigenvalue weighted by molar-refractivity contribution is 0.173. The minimum Gasteiger partial charge on any atom is -0.350 e. The molecule has 1 saturated heterocycles. The van der Waals surface area contributed by atoms with E-state index in [9.17, 15) is 0 Å². The first-order chi connectivity index (χ1) is 12.0. The van der Waals surface area contributed by atoms with Gasteiger partial charge < -0.3 is 10.2 Å². The number of hydrogen-bond acceptors (Lipinski definition) is 5. The molecule has 1 fully saturated rings. The summed E-state index contributed by atoms with van der Waals surface area (Å²) in [7, 11) is 1.85. The summed E-state index contributed by atoms with van der Waals surface area (Å²) in [6.45, 7) is 9.92. The average Bonchev–Trinajstić information content (AvgIpc) is 3.15. The van der Waals surface area contributed by atoms with Gasteiger partial charge in [-0.3, -0.25) is 9.89 Å². The van der Waals surface area contributed by atoms with Gasteiger partial charge in [0.15, 0.2) is 5.96 Å². The molecule has 25 heavy (non-hydrogen) atoms. The number of thiazole rings is 1. The Hall–Kier alpha value is -1.15. The van der Waals surface area contributed by atoms with Crippen molar-refractivity contribution in [3.05, 3.63) is 36.9 Å². The SMILES string of the molecule is CN=C(NCc1nc(C)c(C)s1)N1CCN(Cc2ccc(Cl)s2)CC1. The van der Waals surface area contributed by atoms with E-state index in [1.807, 2.05) is 13.1 Å². The number of rotatable bonds is 4. The maximum absolute atomic E-state index is 6.02. The molecule has 0 radical (unpaired) electrons. The summed E-state index contributed by atoms with van der Waals surface area (Å²) in [5.74, 6) is 0.962. The lowest BCUT2D eigenvalue weighted by atomic mass is 10.3. The fourth-order valence-electron chi connectivity index (χ4n) is 2.88. The molecule has 0 aromatic carbocycles. The van der Waals surface area contributed by atoms with E-state index < -0.39 is 0 Å². The highest BCUT2D eigenvalue weighted by molar-refractivity contribution is 7.16. The molecule has 3 heterocycles. The zero-order valence-corrected chi connectivity index (χ0v) is 17.3. The van der Waals surface area contributed by atoms with Crippen molar-refractivity contribution in [2.45, 2.75) is 26.9 Å². The Balaban J connectivity index is 1.48. The molecule has 0 amide bonds. The number of aliphatic imine (C=N–C) groups is 1. The van der Waals surface area contributed by atoms with E-state index in [1.54, 1.807) is 22.7 Å². The van der Waals surface area contributed by atoms with Crippen LogP contribution in [0.15, 0.2) is 17.1 Å². The molecule has 0 spiro atoms. The van der Waals surface area contributed by atoms with Crippen molar-refractivity contribution in [2.24, 2.45) is 4.99 Å². The number of aromatic nitrogens is 1. The van der Waals surface area contributed by atoms with Crippen LogP contribution in [0, 0.1) is 13.8 Å². The monoisotopic (exact) mass is 397 g/mol. The summed E-state index contributed by atoms with van der Waals surface area (Å²) in [5.41, 5.74) is 1.12. The summed E-state index contributed by atoms with van der Waals surface area (Å²) < 4.78 is 0.867. The number of halogens is 1. The maximum Gasteiger partial charge on any atom is 0.194 e. The van der Waals surface area contributed by atoms with Gasteiger partial charge in [-0.05, 0) is 26.0 Å². The maximum atomic E-state index is 6.02. The molecule has 0 atom stereocenters. The molecule has 1 aliphatic heterocycles. The fraction of sp³-hybridized carbons (Fsp3) is 0.529. The van der Waals surface area contributed by atoms with Crippen molar-refractivity contribution in [3.63, 3.8) is 0 Å². The van der Waals surface area contributed by atoms with Gasteiger partial charge in [0.05, 0.1) is 16.6 Å². The third-order valence-electron chi connectivity index (χ3n) is 4.36. The first-order valence-corrected chi connectivity index (χ1v) is 10.4. The Morgan fingerprint density at radius 1 is 1.24 bits per heavy atom. The van der Waals surface area contributed by atoms with Gasteiger partial charge in [-0.1, -0.05) is 11.6 Å². The van der Waals surface area contributed by atoms with E-state index in [0.29, 0.717) is 0 Å². The Morgan fingerprint density at radius 2 is 2.00 bits per heavy atom. The predicted molar refractivity (Wildman–Crippen MR) is 108 cm³/mol. The van der Waals surface area contributed by atoms with Crippen molar-refractivity contribution in [1.82, 2.24) is 20.1 Å². The van der Waals surface area contributed by atoms with Crippen LogP contribution in [0.1, 0.15) is 20.5 Å². The number of nitrogens with zero attached hydrogens (tertiary/aromatic N) is 4. The Morgan fingerprint density at radius 3 is 2.56 bits per heavy atom. The van der Waals surface area contributed by atoms with E-state index in [-0.39, 0.29) is 0 Å². The van der Waals surface area contributed by atoms with Crippen LogP contribution < -0.4 is 5.32 Å². The largest absolute Gasteiger partial charge is 0.350 e. The van der Waals surface area contributed by atoms with Gasteiger partial charge in [-0.2, -0.15) is 0 Å². The first kappa shape index (κ1) is 18.6. The van der Waals surface area contributed by atoms with Crippen LogP contribution in [0.25, 0.3) is 0 Å². The minimum absolute atomic E-state index is 0.736. The van der Waals surface area contributed by atoms with Gasteiger partial charge in [0.25, 0.3) is 0 Å². The highest BCUT2D eigenvalue weighted by Crippen LogP contribution is 2.23. The highest BCUT2D eigenvalue weighted by Gasteiger charge is 2.20. The highest BCUT2D eigenvalue weighted by atomic mass is 35.5. The summed E-state index contributed by atoms with van der Waals surface area (Å²) in [4.78, 5) is 16.4. The molecule has 5 nitrogen and oxygen atoms in total.